The number of hydrogen-bond acceptors (Lipinski definition) is 2. The van der Waals surface area contributed by atoms with Crippen molar-refractivity contribution in [1.29, 1.82) is 0 Å². The molecule has 1 aliphatic heterocycles. The number of β-lactam (4-membered cyclic amide) rings is 1. The highest BCUT2D eigenvalue weighted by molar-refractivity contribution is 6.74. The zero-order chi connectivity index (χ0) is 13.4. The van der Waals surface area contributed by atoms with Gasteiger partial charge >= 0.3 is 0 Å². The topological polar surface area (TPSA) is 38.3 Å². The predicted molar refractivity (Wildman–Crippen MR) is 73.3 cm³/mol. The normalized spacial score (nSPS) is 25.5. The van der Waals surface area contributed by atoms with E-state index in [2.05, 4.69) is 39.2 Å². The minimum atomic E-state index is -1.84. The van der Waals surface area contributed by atoms with Crippen LogP contribution in [0.1, 0.15) is 27.7 Å². The summed E-state index contributed by atoms with van der Waals surface area (Å²) in [6.07, 6.45) is -0.116. The van der Waals surface area contributed by atoms with E-state index in [-0.39, 0.29) is 23.0 Å². The van der Waals surface area contributed by atoms with Crippen molar-refractivity contribution in [3.8, 4) is 0 Å². The molecular weight excluding hydrogens is 254 g/mol. The third kappa shape index (κ3) is 2.92. The molecule has 0 spiro atoms. The maximum atomic E-state index is 11.5. The third-order valence-electron chi connectivity index (χ3n) is 3.76. The first-order valence-corrected chi connectivity index (χ1v) is 9.23. The third-order valence-corrected chi connectivity index (χ3v) is 8.57. The van der Waals surface area contributed by atoms with Gasteiger partial charge in [0.15, 0.2) is 8.32 Å². The van der Waals surface area contributed by atoms with Crippen LogP contribution in [-0.2, 0) is 9.22 Å². The molecule has 0 bridgehead atoms. The largest absolute Gasteiger partial charge is 0.413 e. The molecule has 0 radical (unpaired) electrons. The Labute approximate surface area is 110 Å². The second-order valence-electron chi connectivity index (χ2n) is 6.11. The summed E-state index contributed by atoms with van der Waals surface area (Å²) in [5.41, 5.74) is 2.19. The first kappa shape index (κ1) is 14.7. The van der Waals surface area contributed by atoms with Crippen LogP contribution in [0.25, 0.3) is 0 Å². The molecule has 17 heavy (non-hydrogen) atoms. The van der Waals surface area contributed by atoms with Gasteiger partial charge in [0.25, 0.3) is 0 Å². The molecule has 0 aromatic heterocycles. The van der Waals surface area contributed by atoms with Gasteiger partial charge in [-0.25, -0.2) is 0 Å². The molecule has 0 saturated carbocycles. The van der Waals surface area contributed by atoms with Crippen LogP contribution in [0.5, 0.6) is 0 Å². The Kier molecular flexibility index (Phi) is 4.11. The van der Waals surface area contributed by atoms with Gasteiger partial charge in [-0.2, -0.15) is 0 Å². The molecule has 3 nitrogen and oxygen atoms in total. The molecule has 0 aromatic carbocycles. The highest BCUT2D eigenvalue weighted by atomic mass is 35.5. The van der Waals surface area contributed by atoms with Gasteiger partial charge in [-0.1, -0.05) is 32.4 Å². The lowest BCUT2D eigenvalue weighted by Gasteiger charge is -2.42. The molecule has 0 aliphatic carbocycles. The van der Waals surface area contributed by atoms with Crippen LogP contribution in [0.15, 0.2) is 11.2 Å². The summed E-state index contributed by atoms with van der Waals surface area (Å²) in [6.45, 7) is 12.9. The number of carbonyl (C=O) groups is 1. The van der Waals surface area contributed by atoms with E-state index in [0.717, 1.165) is 5.70 Å². The molecule has 1 heterocycles. The molecule has 1 saturated heterocycles. The zero-order valence-electron chi connectivity index (χ0n) is 11.4. The maximum Gasteiger partial charge on any atom is 0.235 e. The van der Waals surface area contributed by atoms with E-state index in [9.17, 15) is 4.79 Å². The predicted octanol–water partition coefficient (Wildman–Crippen LogP) is 3.22. The quantitative estimate of drug-likeness (QED) is 0.634. The number of hydrogen-bond donors (Lipinski definition) is 1. The van der Waals surface area contributed by atoms with E-state index < -0.39 is 8.32 Å². The summed E-state index contributed by atoms with van der Waals surface area (Å²) in [7, 11) is -1.84. The van der Waals surface area contributed by atoms with Crippen molar-refractivity contribution >= 4 is 25.8 Å². The minimum Gasteiger partial charge on any atom is -0.413 e. The average molecular weight is 276 g/mol. The van der Waals surface area contributed by atoms with E-state index in [4.69, 9.17) is 16.0 Å². The highest BCUT2D eigenvalue weighted by Gasteiger charge is 2.44. The summed E-state index contributed by atoms with van der Waals surface area (Å²) in [6, 6.07) is 0. The van der Waals surface area contributed by atoms with Crippen molar-refractivity contribution < 1.29 is 9.22 Å². The smallest absolute Gasteiger partial charge is 0.235 e. The molecule has 2 atom stereocenters. The molecule has 1 aliphatic rings. The van der Waals surface area contributed by atoms with Crippen molar-refractivity contribution in [3.63, 3.8) is 0 Å². The molecule has 0 aromatic rings. The molecule has 1 fully saturated rings. The van der Waals surface area contributed by atoms with Crippen LogP contribution in [0.3, 0.4) is 0 Å². The van der Waals surface area contributed by atoms with Crippen LogP contribution in [0.2, 0.25) is 18.1 Å². The lowest BCUT2D eigenvalue weighted by atomic mass is 9.92. The van der Waals surface area contributed by atoms with E-state index in [1.165, 1.54) is 5.54 Å². The van der Waals surface area contributed by atoms with E-state index >= 15 is 0 Å². The van der Waals surface area contributed by atoms with Crippen LogP contribution in [0, 0.1) is 5.92 Å². The van der Waals surface area contributed by atoms with Gasteiger partial charge in [0.05, 0.1) is 6.10 Å². The fraction of sp³-hybridized carbons (Fsp3) is 0.750. The number of rotatable bonds is 3. The second-order valence-corrected chi connectivity index (χ2v) is 11.1. The second kappa shape index (κ2) is 4.75. The van der Waals surface area contributed by atoms with Gasteiger partial charge < -0.3 is 9.74 Å². The molecular formula is C12H22ClNO2Si. The van der Waals surface area contributed by atoms with Gasteiger partial charge in [0.1, 0.15) is 5.92 Å². The Balaban J connectivity index is 2.73. The Bertz CT molecular complexity index is 347. The molecule has 0 unspecified atom stereocenters. The Hall–Kier alpha value is -0.323. The van der Waals surface area contributed by atoms with Crippen molar-refractivity contribution in [2.24, 2.45) is 5.92 Å². The van der Waals surface area contributed by atoms with Crippen LogP contribution < -0.4 is 5.32 Å². The first-order chi connectivity index (χ1) is 7.60. The minimum absolute atomic E-state index is 0.00288. The van der Waals surface area contributed by atoms with Gasteiger partial charge in [-0.15, -0.1) is 0 Å². The highest BCUT2D eigenvalue weighted by Crippen LogP contribution is 2.39. The molecule has 1 N–H and O–H groups in total. The van der Waals surface area contributed by atoms with Crippen molar-refractivity contribution in [3.05, 3.63) is 11.2 Å². The summed E-state index contributed by atoms with van der Waals surface area (Å²) < 4.78 is 6.19. The molecule has 1 rings (SSSR count). The van der Waals surface area contributed by atoms with E-state index in [1.54, 1.807) is 0 Å². The van der Waals surface area contributed by atoms with Crippen LogP contribution >= 0.6 is 11.6 Å². The molecule has 1 amide bonds. The summed E-state index contributed by atoms with van der Waals surface area (Å²) >= 11 is 5.65. The van der Waals surface area contributed by atoms with Gasteiger partial charge in [0, 0.05) is 11.2 Å². The fourth-order valence-corrected chi connectivity index (χ4v) is 3.24. The monoisotopic (exact) mass is 275 g/mol. The Morgan fingerprint density at radius 2 is 2.00 bits per heavy atom. The Morgan fingerprint density at radius 1 is 1.47 bits per heavy atom. The van der Waals surface area contributed by atoms with Crippen LogP contribution in [0.4, 0.5) is 0 Å². The average Bonchev–Trinajstić information content (AvgIpc) is 2.10. The Morgan fingerprint density at radius 3 is 2.35 bits per heavy atom. The first-order valence-electron chi connectivity index (χ1n) is 5.89. The van der Waals surface area contributed by atoms with Crippen molar-refractivity contribution in [2.75, 3.05) is 0 Å². The van der Waals surface area contributed by atoms with Gasteiger partial charge in [-0.3, -0.25) is 4.79 Å². The van der Waals surface area contributed by atoms with Gasteiger partial charge in [-0.05, 0) is 25.1 Å². The summed E-state index contributed by atoms with van der Waals surface area (Å²) in [4.78, 5) is 11.5. The molecule has 98 valence electrons. The van der Waals surface area contributed by atoms with E-state index in [1.807, 2.05) is 6.92 Å². The number of halogens is 1. The maximum absolute atomic E-state index is 11.5. The van der Waals surface area contributed by atoms with Crippen molar-refractivity contribution in [2.45, 2.75) is 51.9 Å². The lowest BCUT2D eigenvalue weighted by molar-refractivity contribution is -0.131. The zero-order valence-corrected chi connectivity index (χ0v) is 13.2. The standard InChI is InChI=1S/C12H22ClNO2Si/c1-8(10-9(7-13)14-11(10)15)16-17(5,6)12(2,3)4/h7-8,10H,1-6H3,(H,14,15)/b9-7-/t8-,10-/m1/s1. The summed E-state index contributed by atoms with van der Waals surface area (Å²) in [5.74, 6) is -0.218. The number of amides is 1. The van der Waals surface area contributed by atoms with E-state index in [0.29, 0.717) is 0 Å². The summed E-state index contributed by atoms with van der Waals surface area (Å²) in [5, 5.41) is 2.82. The number of nitrogens with one attached hydrogen (secondary N) is 1. The SMILES string of the molecule is C[C@@H](O[Si](C)(C)C(C)(C)C)[C@H]1C(=O)N/C1=C\Cl. The fourth-order valence-electron chi connectivity index (χ4n) is 1.63. The van der Waals surface area contributed by atoms with Crippen LogP contribution in [-0.4, -0.2) is 20.3 Å². The molecule has 5 heteroatoms. The van der Waals surface area contributed by atoms with Gasteiger partial charge in [0.2, 0.25) is 5.91 Å². The number of carbonyl (C=O) groups excluding carboxylic acids is 1. The lowest BCUT2D eigenvalue weighted by Crippen LogP contribution is -2.55. The van der Waals surface area contributed by atoms with Crippen molar-refractivity contribution in [1.82, 2.24) is 5.32 Å².